The summed E-state index contributed by atoms with van der Waals surface area (Å²) in [4.78, 5) is 14.5. The van der Waals surface area contributed by atoms with Gasteiger partial charge in [-0.15, -0.1) is 5.10 Å². The van der Waals surface area contributed by atoms with Crippen molar-refractivity contribution < 1.29 is 4.79 Å². The van der Waals surface area contributed by atoms with E-state index in [9.17, 15) is 4.79 Å². The second-order valence-corrected chi connectivity index (χ2v) is 7.02. The van der Waals surface area contributed by atoms with E-state index < -0.39 is 0 Å². The van der Waals surface area contributed by atoms with Crippen LogP contribution in [0.1, 0.15) is 47.4 Å². The number of aryl methyl sites for hydroxylation is 1. The summed E-state index contributed by atoms with van der Waals surface area (Å²) < 4.78 is 1.85. The van der Waals surface area contributed by atoms with Crippen molar-refractivity contribution in [2.24, 2.45) is 0 Å². The van der Waals surface area contributed by atoms with Crippen molar-refractivity contribution in [1.29, 1.82) is 0 Å². The molecule has 1 atom stereocenters. The lowest BCUT2D eigenvalue weighted by molar-refractivity contribution is 0.0737. The molecule has 25 heavy (non-hydrogen) atoms. The summed E-state index contributed by atoms with van der Waals surface area (Å²) in [6, 6.07) is 8.89. The minimum Gasteiger partial charge on any atom is -0.337 e. The van der Waals surface area contributed by atoms with E-state index in [1.54, 1.807) is 11.1 Å². The second-order valence-electron chi connectivity index (χ2n) is 7.02. The van der Waals surface area contributed by atoms with Gasteiger partial charge < -0.3 is 10.2 Å². The van der Waals surface area contributed by atoms with E-state index >= 15 is 0 Å². The van der Waals surface area contributed by atoms with E-state index in [4.69, 9.17) is 0 Å². The van der Waals surface area contributed by atoms with Gasteiger partial charge in [-0.05, 0) is 51.8 Å². The van der Waals surface area contributed by atoms with Gasteiger partial charge in [-0.1, -0.05) is 35.0 Å². The monoisotopic (exact) mass is 341 g/mol. The number of rotatable bonds is 5. The van der Waals surface area contributed by atoms with E-state index in [1.807, 2.05) is 11.7 Å². The normalized spacial score (nSPS) is 16.6. The first-order chi connectivity index (χ1) is 12.0. The summed E-state index contributed by atoms with van der Waals surface area (Å²) in [6.07, 6.45) is 4.67. The summed E-state index contributed by atoms with van der Waals surface area (Å²) in [7, 11) is 1.84. The molecule has 1 aromatic heterocycles. The minimum absolute atomic E-state index is 0.0696. The van der Waals surface area contributed by atoms with Crippen LogP contribution in [0.5, 0.6) is 0 Å². The van der Waals surface area contributed by atoms with E-state index in [2.05, 4.69) is 53.7 Å². The van der Waals surface area contributed by atoms with Crippen molar-refractivity contribution in [3.8, 4) is 0 Å². The van der Waals surface area contributed by atoms with Crippen LogP contribution in [-0.4, -0.2) is 52.0 Å². The lowest BCUT2D eigenvalue weighted by atomic mass is 10.0. The number of amides is 1. The molecule has 6 heteroatoms. The average molecular weight is 341 g/mol. The second kappa shape index (κ2) is 7.78. The molecule has 0 radical (unpaired) electrons. The molecule has 2 aromatic rings. The Morgan fingerprint density at radius 3 is 2.68 bits per heavy atom. The highest BCUT2D eigenvalue weighted by Crippen LogP contribution is 2.18. The average Bonchev–Trinajstić information content (AvgIpc) is 3.13. The molecular weight excluding hydrogens is 314 g/mol. The molecule has 0 bridgehead atoms. The van der Waals surface area contributed by atoms with Crippen molar-refractivity contribution >= 4 is 5.91 Å². The number of benzene rings is 1. The molecule has 0 spiro atoms. The predicted molar refractivity (Wildman–Crippen MR) is 97.6 cm³/mol. The first-order valence-electron chi connectivity index (χ1n) is 9.00. The first-order valence-corrected chi connectivity index (χ1v) is 9.00. The van der Waals surface area contributed by atoms with E-state index in [1.165, 1.54) is 11.1 Å². The van der Waals surface area contributed by atoms with Gasteiger partial charge in [-0.3, -0.25) is 4.79 Å². The molecule has 1 aliphatic rings. The fourth-order valence-electron chi connectivity index (χ4n) is 3.21. The Labute approximate surface area is 149 Å². The Hall–Kier alpha value is -2.21. The van der Waals surface area contributed by atoms with Crippen molar-refractivity contribution in [1.82, 2.24) is 25.2 Å². The molecule has 1 aliphatic heterocycles. The number of hydrogen-bond acceptors (Lipinski definition) is 4. The summed E-state index contributed by atoms with van der Waals surface area (Å²) in [6.45, 7) is 6.12. The van der Waals surface area contributed by atoms with Gasteiger partial charge in [0.2, 0.25) is 0 Å². The third-order valence-corrected chi connectivity index (χ3v) is 5.05. The van der Waals surface area contributed by atoms with Gasteiger partial charge in [0, 0.05) is 13.1 Å². The van der Waals surface area contributed by atoms with Gasteiger partial charge in [0.25, 0.3) is 5.91 Å². The topological polar surface area (TPSA) is 63.1 Å². The third-order valence-electron chi connectivity index (χ3n) is 5.05. The maximum Gasteiger partial charge on any atom is 0.276 e. The molecule has 3 rings (SSSR count). The first kappa shape index (κ1) is 17.6. The highest BCUT2D eigenvalue weighted by atomic mass is 16.2. The van der Waals surface area contributed by atoms with Gasteiger partial charge in [-0.2, -0.15) is 0 Å². The van der Waals surface area contributed by atoms with Crippen molar-refractivity contribution in [3.05, 3.63) is 47.3 Å². The van der Waals surface area contributed by atoms with Crippen LogP contribution >= 0.6 is 0 Å². The number of aromatic nitrogens is 3. The highest BCUT2D eigenvalue weighted by Gasteiger charge is 2.23. The maximum atomic E-state index is 12.7. The van der Waals surface area contributed by atoms with E-state index in [-0.39, 0.29) is 11.9 Å². The molecule has 1 N–H and O–H groups in total. The standard InChI is InChI=1S/C19H27N5O/c1-14-4-6-16(7-5-14)12-15(2)23(3)19(25)18-13-24(22-21-18)17-8-10-20-11-9-17/h4-7,13,15,17,20H,8-12H2,1-3H3. The largest absolute Gasteiger partial charge is 0.337 e. The Balaban J connectivity index is 1.63. The number of nitrogens with one attached hydrogen (secondary N) is 1. The van der Waals surface area contributed by atoms with Gasteiger partial charge in [0.1, 0.15) is 0 Å². The Bertz CT molecular complexity index is 703. The van der Waals surface area contributed by atoms with E-state index in [0.717, 1.165) is 32.4 Å². The van der Waals surface area contributed by atoms with Crippen molar-refractivity contribution in [3.63, 3.8) is 0 Å². The summed E-state index contributed by atoms with van der Waals surface area (Å²) >= 11 is 0. The zero-order valence-electron chi connectivity index (χ0n) is 15.3. The van der Waals surface area contributed by atoms with Crippen LogP contribution in [0.2, 0.25) is 0 Å². The van der Waals surface area contributed by atoms with Gasteiger partial charge >= 0.3 is 0 Å². The molecule has 2 heterocycles. The minimum atomic E-state index is -0.0696. The Morgan fingerprint density at radius 1 is 1.32 bits per heavy atom. The van der Waals surface area contributed by atoms with Gasteiger partial charge in [-0.25, -0.2) is 4.68 Å². The van der Waals surface area contributed by atoms with Gasteiger partial charge in [0.15, 0.2) is 5.69 Å². The van der Waals surface area contributed by atoms with Crippen LogP contribution in [0.25, 0.3) is 0 Å². The molecule has 134 valence electrons. The molecule has 0 aliphatic carbocycles. The number of carbonyl (C=O) groups excluding carboxylic acids is 1. The molecule has 1 saturated heterocycles. The summed E-state index contributed by atoms with van der Waals surface area (Å²) in [5.41, 5.74) is 2.91. The van der Waals surface area contributed by atoms with Crippen LogP contribution in [0, 0.1) is 6.92 Å². The third kappa shape index (κ3) is 4.25. The highest BCUT2D eigenvalue weighted by molar-refractivity contribution is 5.91. The molecule has 6 nitrogen and oxygen atoms in total. The van der Waals surface area contributed by atoms with Crippen molar-refractivity contribution in [2.75, 3.05) is 20.1 Å². The number of likely N-dealkylation sites (N-methyl/N-ethyl adjacent to an activating group) is 1. The lowest BCUT2D eigenvalue weighted by Gasteiger charge is -2.24. The number of piperidine rings is 1. The number of carbonyl (C=O) groups is 1. The zero-order valence-corrected chi connectivity index (χ0v) is 15.3. The maximum absolute atomic E-state index is 12.7. The summed E-state index contributed by atoms with van der Waals surface area (Å²) in [5, 5.41) is 11.6. The molecular formula is C19H27N5O. The molecule has 0 saturated carbocycles. The number of nitrogens with zero attached hydrogens (tertiary/aromatic N) is 4. The van der Waals surface area contributed by atoms with Crippen molar-refractivity contribution in [2.45, 2.75) is 45.2 Å². The van der Waals surface area contributed by atoms with Crippen LogP contribution in [0.4, 0.5) is 0 Å². The quantitative estimate of drug-likeness (QED) is 0.906. The summed E-state index contributed by atoms with van der Waals surface area (Å²) in [5.74, 6) is -0.0696. The molecule has 1 fully saturated rings. The zero-order chi connectivity index (χ0) is 17.8. The number of hydrogen-bond donors (Lipinski definition) is 1. The predicted octanol–water partition coefficient (Wildman–Crippen LogP) is 2.21. The van der Waals surface area contributed by atoms with Crippen LogP contribution < -0.4 is 5.32 Å². The van der Waals surface area contributed by atoms with E-state index in [0.29, 0.717) is 11.7 Å². The molecule has 1 unspecified atom stereocenters. The van der Waals surface area contributed by atoms with Crippen LogP contribution in [0.3, 0.4) is 0 Å². The van der Waals surface area contributed by atoms with Crippen LogP contribution in [-0.2, 0) is 6.42 Å². The fraction of sp³-hybridized carbons (Fsp3) is 0.526. The molecule has 1 aromatic carbocycles. The fourth-order valence-corrected chi connectivity index (χ4v) is 3.21. The van der Waals surface area contributed by atoms with Crippen LogP contribution in [0.15, 0.2) is 30.5 Å². The SMILES string of the molecule is Cc1ccc(CC(C)N(C)C(=O)c2cn(C3CCNCC3)nn2)cc1. The molecule has 1 amide bonds. The Kier molecular flexibility index (Phi) is 5.48. The van der Waals surface area contributed by atoms with Gasteiger partial charge in [0.05, 0.1) is 12.2 Å². The smallest absolute Gasteiger partial charge is 0.276 e. The lowest BCUT2D eigenvalue weighted by Crippen LogP contribution is -2.36. The Morgan fingerprint density at radius 2 is 2.00 bits per heavy atom.